The molecule has 1 heterocycles. The number of ether oxygens (including phenoxy) is 1. The van der Waals surface area contributed by atoms with Crippen LogP contribution in [-0.2, 0) is 20.7 Å². The summed E-state index contributed by atoms with van der Waals surface area (Å²) < 4.78 is 4.69. The zero-order valence-corrected chi connectivity index (χ0v) is 9.62. The molecule has 5 nitrogen and oxygen atoms in total. The summed E-state index contributed by atoms with van der Waals surface area (Å²) in [5.41, 5.74) is 0. The van der Waals surface area contributed by atoms with E-state index in [0.717, 1.165) is 4.88 Å². The SMILES string of the molecule is COC(CNC(=O)Cc1cccs1)C(=O)O. The van der Waals surface area contributed by atoms with Crippen LogP contribution in [0, 0.1) is 0 Å². The van der Waals surface area contributed by atoms with E-state index in [9.17, 15) is 9.59 Å². The van der Waals surface area contributed by atoms with Crippen molar-refractivity contribution in [2.24, 2.45) is 0 Å². The fraction of sp³-hybridized carbons (Fsp3) is 0.400. The van der Waals surface area contributed by atoms with Crippen LogP contribution in [0.4, 0.5) is 0 Å². The first-order chi connectivity index (χ1) is 7.63. The molecule has 0 spiro atoms. The Balaban J connectivity index is 2.32. The van der Waals surface area contributed by atoms with Gasteiger partial charge in [0.25, 0.3) is 0 Å². The van der Waals surface area contributed by atoms with Gasteiger partial charge in [0.15, 0.2) is 6.10 Å². The number of amides is 1. The number of nitrogens with one attached hydrogen (secondary N) is 1. The number of methoxy groups -OCH3 is 1. The van der Waals surface area contributed by atoms with Crippen LogP contribution in [-0.4, -0.2) is 36.7 Å². The zero-order chi connectivity index (χ0) is 12.0. The average Bonchev–Trinajstić information content (AvgIpc) is 2.70. The molecule has 1 rings (SSSR count). The smallest absolute Gasteiger partial charge is 0.334 e. The predicted octanol–water partition coefficient (Wildman–Crippen LogP) is 0.506. The van der Waals surface area contributed by atoms with Crippen LogP contribution in [0.25, 0.3) is 0 Å². The van der Waals surface area contributed by atoms with Gasteiger partial charge in [0.05, 0.1) is 13.0 Å². The van der Waals surface area contributed by atoms with Crippen molar-refractivity contribution in [3.63, 3.8) is 0 Å². The van der Waals surface area contributed by atoms with E-state index in [4.69, 9.17) is 5.11 Å². The van der Waals surface area contributed by atoms with Gasteiger partial charge < -0.3 is 15.2 Å². The largest absolute Gasteiger partial charge is 0.479 e. The monoisotopic (exact) mass is 243 g/mol. The number of thiophene rings is 1. The molecule has 1 amide bonds. The number of hydrogen-bond donors (Lipinski definition) is 2. The third-order valence-electron chi connectivity index (χ3n) is 1.96. The van der Waals surface area contributed by atoms with Crippen molar-refractivity contribution in [1.82, 2.24) is 5.32 Å². The Morgan fingerprint density at radius 2 is 2.38 bits per heavy atom. The second kappa shape index (κ2) is 6.24. The molecule has 88 valence electrons. The molecular weight excluding hydrogens is 230 g/mol. The maximum absolute atomic E-state index is 11.4. The minimum Gasteiger partial charge on any atom is -0.479 e. The third kappa shape index (κ3) is 4.00. The Morgan fingerprint density at radius 1 is 1.62 bits per heavy atom. The first-order valence-electron chi connectivity index (χ1n) is 4.68. The Morgan fingerprint density at radius 3 is 2.88 bits per heavy atom. The molecule has 0 radical (unpaired) electrons. The van der Waals surface area contributed by atoms with Crippen molar-refractivity contribution in [1.29, 1.82) is 0 Å². The van der Waals surface area contributed by atoms with E-state index in [2.05, 4.69) is 10.1 Å². The molecule has 0 fully saturated rings. The quantitative estimate of drug-likeness (QED) is 0.763. The van der Waals surface area contributed by atoms with Crippen LogP contribution in [0.15, 0.2) is 17.5 Å². The van der Waals surface area contributed by atoms with Gasteiger partial charge in [-0.1, -0.05) is 6.07 Å². The minimum absolute atomic E-state index is 0.0178. The van der Waals surface area contributed by atoms with E-state index in [0.29, 0.717) is 0 Å². The molecule has 0 aliphatic carbocycles. The van der Waals surface area contributed by atoms with Crippen molar-refractivity contribution in [2.75, 3.05) is 13.7 Å². The molecule has 0 aliphatic rings. The highest BCUT2D eigenvalue weighted by Gasteiger charge is 2.17. The second-order valence-corrected chi connectivity index (χ2v) is 4.16. The molecule has 2 N–H and O–H groups in total. The van der Waals surface area contributed by atoms with E-state index in [-0.39, 0.29) is 18.9 Å². The summed E-state index contributed by atoms with van der Waals surface area (Å²) in [4.78, 5) is 22.9. The summed E-state index contributed by atoms with van der Waals surface area (Å²) in [6.07, 6.45) is -0.722. The summed E-state index contributed by atoms with van der Waals surface area (Å²) in [6.45, 7) is -0.0178. The summed E-state index contributed by atoms with van der Waals surface area (Å²) in [5, 5.41) is 13.1. The predicted molar refractivity (Wildman–Crippen MR) is 59.5 cm³/mol. The topological polar surface area (TPSA) is 75.6 Å². The van der Waals surface area contributed by atoms with Gasteiger partial charge in [-0.15, -0.1) is 11.3 Å². The minimum atomic E-state index is -1.08. The lowest BCUT2D eigenvalue weighted by Crippen LogP contribution is -2.38. The van der Waals surface area contributed by atoms with Gasteiger partial charge >= 0.3 is 5.97 Å². The number of carboxylic acid groups (broad SMARTS) is 1. The molecule has 0 aromatic carbocycles. The van der Waals surface area contributed by atoms with E-state index in [1.807, 2.05) is 17.5 Å². The van der Waals surface area contributed by atoms with Crippen LogP contribution in [0.5, 0.6) is 0 Å². The lowest BCUT2D eigenvalue weighted by molar-refractivity contribution is -0.148. The Kier molecular flexibility index (Phi) is 4.94. The van der Waals surface area contributed by atoms with E-state index >= 15 is 0 Å². The molecule has 1 aromatic heterocycles. The number of carbonyl (C=O) groups is 2. The van der Waals surface area contributed by atoms with Crippen molar-refractivity contribution < 1.29 is 19.4 Å². The maximum atomic E-state index is 11.4. The van der Waals surface area contributed by atoms with E-state index in [1.165, 1.54) is 18.4 Å². The molecule has 0 saturated heterocycles. The summed E-state index contributed by atoms with van der Waals surface area (Å²) >= 11 is 1.49. The van der Waals surface area contributed by atoms with Crippen LogP contribution in [0.1, 0.15) is 4.88 Å². The molecule has 1 aromatic rings. The Bertz CT molecular complexity index is 350. The molecule has 1 atom stereocenters. The van der Waals surface area contributed by atoms with Gasteiger partial charge in [-0.25, -0.2) is 4.79 Å². The van der Waals surface area contributed by atoms with Crippen molar-refractivity contribution >= 4 is 23.2 Å². The Labute approximate surface area is 97.0 Å². The number of hydrogen-bond acceptors (Lipinski definition) is 4. The molecule has 0 saturated carbocycles. The van der Waals surface area contributed by atoms with Gasteiger partial charge in [-0.05, 0) is 11.4 Å². The summed E-state index contributed by atoms with van der Waals surface area (Å²) in [5.74, 6) is -1.29. The Hall–Kier alpha value is -1.40. The van der Waals surface area contributed by atoms with Crippen LogP contribution in [0.3, 0.4) is 0 Å². The van der Waals surface area contributed by atoms with Gasteiger partial charge in [0, 0.05) is 12.0 Å². The first-order valence-corrected chi connectivity index (χ1v) is 5.56. The van der Waals surface area contributed by atoms with Crippen LogP contribution in [0.2, 0.25) is 0 Å². The lowest BCUT2D eigenvalue weighted by atomic mass is 10.3. The van der Waals surface area contributed by atoms with Crippen molar-refractivity contribution in [3.05, 3.63) is 22.4 Å². The van der Waals surface area contributed by atoms with Gasteiger partial charge in [-0.2, -0.15) is 0 Å². The average molecular weight is 243 g/mol. The molecule has 1 unspecified atom stereocenters. The highest BCUT2D eigenvalue weighted by Crippen LogP contribution is 2.08. The van der Waals surface area contributed by atoms with Gasteiger partial charge in [0.2, 0.25) is 5.91 Å². The fourth-order valence-electron chi connectivity index (χ4n) is 1.11. The molecule has 6 heteroatoms. The highest BCUT2D eigenvalue weighted by molar-refractivity contribution is 7.10. The lowest BCUT2D eigenvalue weighted by Gasteiger charge is -2.10. The van der Waals surface area contributed by atoms with Crippen molar-refractivity contribution in [3.8, 4) is 0 Å². The molecule has 0 aliphatic heterocycles. The summed E-state index contributed by atoms with van der Waals surface area (Å²) in [6, 6.07) is 3.72. The molecule has 0 bridgehead atoms. The third-order valence-corrected chi connectivity index (χ3v) is 2.84. The highest BCUT2D eigenvalue weighted by atomic mass is 32.1. The number of carbonyl (C=O) groups excluding carboxylic acids is 1. The van der Waals surface area contributed by atoms with E-state index in [1.54, 1.807) is 0 Å². The van der Waals surface area contributed by atoms with Crippen molar-refractivity contribution in [2.45, 2.75) is 12.5 Å². The second-order valence-electron chi connectivity index (χ2n) is 3.12. The van der Waals surface area contributed by atoms with Crippen LogP contribution < -0.4 is 5.32 Å². The van der Waals surface area contributed by atoms with Crippen LogP contribution >= 0.6 is 11.3 Å². The first kappa shape index (κ1) is 12.7. The molecular formula is C10H13NO4S. The fourth-order valence-corrected chi connectivity index (χ4v) is 1.82. The number of carboxylic acids is 1. The van der Waals surface area contributed by atoms with Gasteiger partial charge in [0.1, 0.15) is 0 Å². The summed E-state index contributed by atoms with van der Waals surface area (Å²) in [7, 11) is 1.30. The zero-order valence-electron chi connectivity index (χ0n) is 8.80. The van der Waals surface area contributed by atoms with Gasteiger partial charge in [-0.3, -0.25) is 4.79 Å². The normalized spacial score (nSPS) is 12.1. The van der Waals surface area contributed by atoms with E-state index < -0.39 is 12.1 Å². The standard InChI is InChI=1S/C10H13NO4S/c1-15-8(10(13)14)6-11-9(12)5-7-3-2-4-16-7/h2-4,8H,5-6H2,1H3,(H,11,12)(H,13,14). The maximum Gasteiger partial charge on any atom is 0.334 e. The number of aliphatic carboxylic acids is 1. The number of rotatable bonds is 6. The molecule has 16 heavy (non-hydrogen) atoms.